The van der Waals surface area contributed by atoms with Crippen molar-refractivity contribution >= 4 is 23.2 Å². The molecule has 0 unspecified atom stereocenters. The van der Waals surface area contributed by atoms with E-state index in [-0.39, 0.29) is 11.5 Å². The van der Waals surface area contributed by atoms with Crippen LogP contribution in [0.3, 0.4) is 0 Å². The zero-order chi connectivity index (χ0) is 13.0. The molecule has 0 heterocycles. The molecular formula is C14H13ClN2O. The highest BCUT2D eigenvalue weighted by molar-refractivity contribution is 6.30. The molecule has 0 bridgehead atoms. The van der Waals surface area contributed by atoms with E-state index in [9.17, 15) is 4.79 Å². The molecule has 1 fully saturated rings. The minimum Gasteiger partial charge on any atom is -0.321 e. The summed E-state index contributed by atoms with van der Waals surface area (Å²) < 4.78 is 0. The van der Waals surface area contributed by atoms with Gasteiger partial charge in [-0.3, -0.25) is 4.79 Å². The summed E-state index contributed by atoms with van der Waals surface area (Å²) in [6.07, 6.45) is 3.84. The summed E-state index contributed by atoms with van der Waals surface area (Å²) in [5, 5.41) is 12.4. The van der Waals surface area contributed by atoms with Gasteiger partial charge in [-0.2, -0.15) is 5.26 Å². The maximum absolute atomic E-state index is 12.0. The summed E-state index contributed by atoms with van der Waals surface area (Å²) in [6, 6.07) is 8.85. The highest BCUT2D eigenvalue weighted by Crippen LogP contribution is 2.27. The molecule has 0 atom stereocenters. The number of hydrogen-bond acceptors (Lipinski definition) is 2. The molecule has 1 saturated carbocycles. The van der Waals surface area contributed by atoms with Gasteiger partial charge in [-0.25, -0.2) is 0 Å². The first-order valence-electron chi connectivity index (χ1n) is 5.90. The molecular weight excluding hydrogens is 248 g/mol. The number of carbonyl (C=O) groups excluding carboxylic acids is 1. The first kappa shape index (κ1) is 12.7. The van der Waals surface area contributed by atoms with Gasteiger partial charge in [-0.1, -0.05) is 11.6 Å². The van der Waals surface area contributed by atoms with Crippen LogP contribution in [0.2, 0.25) is 5.02 Å². The second-order valence-electron chi connectivity index (χ2n) is 4.26. The molecule has 1 N–H and O–H groups in total. The highest BCUT2D eigenvalue weighted by atomic mass is 35.5. The van der Waals surface area contributed by atoms with Crippen molar-refractivity contribution in [3.63, 3.8) is 0 Å². The molecule has 0 aliphatic heterocycles. The third-order valence-corrected chi connectivity index (χ3v) is 3.25. The number of halogens is 1. The van der Waals surface area contributed by atoms with Gasteiger partial charge in [0, 0.05) is 10.7 Å². The number of anilines is 1. The summed E-state index contributed by atoms with van der Waals surface area (Å²) in [6.45, 7) is 0. The fourth-order valence-electron chi connectivity index (χ4n) is 2.07. The zero-order valence-corrected chi connectivity index (χ0v) is 10.6. The average Bonchev–Trinajstić information content (AvgIpc) is 2.87. The van der Waals surface area contributed by atoms with Crippen LogP contribution in [0.1, 0.15) is 25.7 Å². The minimum atomic E-state index is -0.322. The van der Waals surface area contributed by atoms with Crippen LogP contribution in [0.25, 0.3) is 0 Å². The molecule has 3 nitrogen and oxygen atoms in total. The van der Waals surface area contributed by atoms with Crippen molar-refractivity contribution in [2.24, 2.45) is 0 Å². The number of benzene rings is 1. The van der Waals surface area contributed by atoms with Gasteiger partial charge in [-0.05, 0) is 55.5 Å². The molecule has 1 aromatic carbocycles. The zero-order valence-electron chi connectivity index (χ0n) is 9.87. The SMILES string of the molecule is N#CC(C(=O)Nc1ccc(Cl)cc1)=C1CCCC1. The smallest absolute Gasteiger partial charge is 0.266 e. The van der Waals surface area contributed by atoms with E-state index in [1.807, 2.05) is 6.07 Å². The molecule has 1 aliphatic carbocycles. The third-order valence-electron chi connectivity index (χ3n) is 3.00. The number of rotatable bonds is 2. The fraction of sp³-hybridized carbons (Fsp3) is 0.286. The molecule has 0 aromatic heterocycles. The Hall–Kier alpha value is -1.79. The van der Waals surface area contributed by atoms with E-state index in [4.69, 9.17) is 16.9 Å². The van der Waals surface area contributed by atoms with Crippen LogP contribution < -0.4 is 5.32 Å². The summed E-state index contributed by atoms with van der Waals surface area (Å²) >= 11 is 5.77. The standard InChI is InChI=1S/C14H13ClN2O/c15-11-5-7-12(8-6-11)17-14(18)13(9-16)10-3-1-2-4-10/h5-8H,1-4H2,(H,17,18). The van der Waals surface area contributed by atoms with Gasteiger partial charge in [0.2, 0.25) is 0 Å². The van der Waals surface area contributed by atoms with Gasteiger partial charge in [0.05, 0.1) is 0 Å². The second-order valence-corrected chi connectivity index (χ2v) is 4.69. The molecule has 92 valence electrons. The Morgan fingerprint density at radius 2 is 1.83 bits per heavy atom. The van der Waals surface area contributed by atoms with Crippen molar-refractivity contribution in [1.82, 2.24) is 0 Å². The van der Waals surface area contributed by atoms with Gasteiger partial charge in [-0.15, -0.1) is 0 Å². The largest absolute Gasteiger partial charge is 0.321 e. The van der Waals surface area contributed by atoms with Crippen LogP contribution in [-0.2, 0) is 4.79 Å². The minimum absolute atomic E-state index is 0.266. The average molecular weight is 261 g/mol. The molecule has 2 rings (SSSR count). The number of nitrogens with zero attached hydrogens (tertiary/aromatic N) is 1. The summed E-state index contributed by atoms with van der Waals surface area (Å²) in [7, 11) is 0. The van der Waals surface area contributed by atoms with Crippen LogP contribution >= 0.6 is 11.6 Å². The monoisotopic (exact) mass is 260 g/mol. The normalized spacial score (nSPS) is 14.1. The molecule has 0 spiro atoms. The van der Waals surface area contributed by atoms with Crippen LogP contribution in [0.4, 0.5) is 5.69 Å². The van der Waals surface area contributed by atoms with E-state index < -0.39 is 0 Å². The van der Waals surface area contributed by atoms with E-state index in [0.29, 0.717) is 10.7 Å². The summed E-state index contributed by atoms with van der Waals surface area (Å²) in [4.78, 5) is 12.0. The molecule has 1 aliphatic rings. The Morgan fingerprint density at radius 1 is 1.22 bits per heavy atom. The number of hydrogen-bond donors (Lipinski definition) is 1. The fourth-order valence-corrected chi connectivity index (χ4v) is 2.19. The number of allylic oxidation sites excluding steroid dienone is 1. The van der Waals surface area contributed by atoms with E-state index >= 15 is 0 Å². The van der Waals surface area contributed by atoms with Crippen LogP contribution in [0.15, 0.2) is 35.4 Å². The first-order valence-corrected chi connectivity index (χ1v) is 6.27. The van der Waals surface area contributed by atoms with Gasteiger partial charge in [0.1, 0.15) is 11.6 Å². The van der Waals surface area contributed by atoms with Crippen LogP contribution in [-0.4, -0.2) is 5.91 Å². The molecule has 0 saturated heterocycles. The second kappa shape index (κ2) is 5.70. The van der Waals surface area contributed by atoms with Gasteiger partial charge < -0.3 is 5.32 Å². The van der Waals surface area contributed by atoms with Crippen molar-refractivity contribution in [1.29, 1.82) is 5.26 Å². The maximum Gasteiger partial charge on any atom is 0.266 e. The molecule has 4 heteroatoms. The topological polar surface area (TPSA) is 52.9 Å². The lowest BCUT2D eigenvalue weighted by molar-refractivity contribution is -0.112. The van der Waals surface area contributed by atoms with Crippen molar-refractivity contribution in [3.8, 4) is 6.07 Å². The van der Waals surface area contributed by atoms with Gasteiger partial charge in [0.25, 0.3) is 5.91 Å². The molecule has 1 aromatic rings. The summed E-state index contributed by atoms with van der Waals surface area (Å²) in [5.74, 6) is -0.322. The molecule has 1 amide bonds. The first-order chi connectivity index (χ1) is 8.70. The Bertz CT molecular complexity index is 518. The van der Waals surface area contributed by atoms with E-state index in [0.717, 1.165) is 31.3 Å². The third kappa shape index (κ3) is 2.91. The lowest BCUT2D eigenvalue weighted by atomic mass is 10.1. The van der Waals surface area contributed by atoms with E-state index in [1.165, 1.54) is 0 Å². The Labute approximate surface area is 111 Å². The van der Waals surface area contributed by atoms with Crippen LogP contribution in [0.5, 0.6) is 0 Å². The number of nitrogens with one attached hydrogen (secondary N) is 1. The number of carbonyl (C=O) groups is 1. The number of nitriles is 1. The number of amides is 1. The van der Waals surface area contributed by atoms with Crippen molar-refractivity contribution in [2.45, 2.75) is 25.7 Å². The van der Waals surface area contributed by atoms with Gasteiger partial charge >= 0.3 is 0 Å². The lowest BCUT2D eigenvalue weighted by Gasteiger charge is -2.06. The van der Waals surface area contributed by atoms with Crippen molar-refractivity contribution in [3.05, 3.63) is 40.4 Å². The van der Waals surface area contributed by atoms with Gasteiger partial charge in [0.15, 0.2) is 0 Å². The summed E-state index contributed by atoms with van der Waals surface area (Å²) in [5.41, 5.74) is 1.89. The lowest BCUT2D eigenvalue weighted by Crippen LogP contribution is -2.14. The van der Waals surface area contributed by atoms with Crippen molar-refractivity contribution < 1.29 is 4.79 Å². The van der Waals surface area contributed by atoms with Crippen LogP contribution in [0, 0.1) is 11.3 Å². The molecule has 0 radical (unpaired) electrons. The predicted molar refractivity (Wildman–Crippen MR) is 71.2 cm³/mol. The van der Waals surface area contributed by atoms with E-state index in [2.05, 4.69) is 5.32 Å². The predicted octanol–water partition coefficient (Wildman–Crippen LogP) is 3.67. The quantitative estimate of drug-likeness (QED) is 0.651. The Balaban J connectivity index is 2.14. The Morgan fingerprint density at radius 3 is 2.39 bits per heavy atom. The highest BCUT2D eigenvalue weighted by Gasteiger charge is 2.18. The molecule has 18 heavy (non-hydrogen) atoms. The van der Waals surface area contributed by atoms with Crippen molar-refractivity contribution in [2.75, 3.05) is 5.32 Å². The maximum atomic E-state index is 12.0. The Kier molecular flexibility index (Phi) is 4.01. The van der Waals surface area contributed by atoms with E-state index in [1.54, 1.807) is 24.3 Å².